The Bertz CT molecular complexity index is 469. The van der Waals surface area contributed by atoms with E-state index in [9.17, 15) is 0 Å². The second kappa shape index (κ2) is 5.48. The number of aromatic nitrogens is 1. The van der Waals surface area contributed by atoms with E-state index in [1.54, 1.807) is 7.11 Å². The van der Waals surface area contributed by atoms with Crippen LogP contribution in [-0.2, 0) is 0 Å². The van der Waals surface area contributed by atoms with Crippen LogP contribution in [0.25, 0.3) is 0 Å². The predicted octanol–water partition coefficient (Wildman–Crippen LogP) is 1.59. The average molecular weight is 260 g/mol. The quantitative estimate of drug-likeness (QED) is 0.845. The minimum atomic E-state index is 0.510. The molecule has 1 aromatic heterocycles. The van der Waals surface area contributed by atoms with Gasteiger partial charge in [0, 0.05) is 24.9 Å². The van der Waals surface area contributed by atoms with Gasteiger partial charge < -0.3 is 20.3 Å². The first-order valence-corrected chi connectivity index (χ1v) is 6.83. The van der Waals surface area contributed by atoms with Gasteiger partial charge in [0.2, 0.25) is 5.88 Å². The molecule has 0 unspecified atom stereocenters. The van der Waals surface area contributed by atoms with Crippen LogP contribution in [0.4, 0.5) is 11.5 Å². The van der Waals surface area contributed by atoms with Crippen LogP contribution in [0.1, 0.15) is 12.8 Å². The van der Waals surface area contributed by atoms with E-state index in [2.05, 4.69) is 32.8 Å². The number of rotatable bonds is 2. The van der Waals surface area contributed by atoms with Crippen LogP contribution in [0.2, 0.25) is 0 Å². The standard InChI is InChI=1S/C14H20N4O/c1-19-13-4-3-12-14(17-13)18(10-2-7-16-12)11-5-8-15-9-6-11/h2-4,10-11,15-16H,5-9H2,1H3. The molecular weight excluding hydrogens is 240 g/mol. The number of piperidine rings is 1. The SMILES string of the molecule is COc1ccc2c(n1)N(C1CCNCC1)C=CCN2. The molecule has 3 heterocycles. The van der Waals surface area contributed by atoms with Crippen LogP contribution >= 0.6 is 0 Å². The van der Waals surface area contributed by atoms with Gasteiger partial charge in [-0.1, -0.05) is 0 Å². The highest BCUT2D eigenvalue weighted by molar-refractivity contribution is 5.69. The molecule has 0 aromatic carbocycles. The lowest BCUT2D eigenvalue weighted by Gasteiger charge is -2.33. The van der Waals surface area contributed by atoms with Gasteiger partial charge in [-0.15, -0.1) is 0 Å². The van der Waals surface area contributed by atoms with E-state index in [0.29, 0.717) is 11.9 Å². The number of nitrogens with one attached hydrogen (secondary N) is 2. The summed E-state index contributed by atoms with van der Waals surface area (Å²) in [6, 6.07) is 4.45. The van der Waals surface area contributed by atoms with E-state index in [4.69, 9.17) is 4.74 Å². The van der Waals surface area contributed by atoms with Gasteiger partial charge in [-0.25, -0.2) is 0 Å². The molecule has 0 amide bonds. The first-order chi connectivity index (χ1) is 9.38. The molecule has 5 heteroatoms. The van der Waals surface area contributed by atoms with Gasteiger partial charge in [0.05, 0.1) is 12.8 Å². The van der Waals surface area contributed by atoms with Crippen molar-refractivity contribution >= 4 is 11.5 Å². The largest absolute Gasteiger partial charge is 0.481 e. The Morgan fingerprint density at radius 3 is 2.95 bits per heavy atom. The number of ether oxygens (including phenoxy) is 1. The third-order valence-corrected chi connectivity index (χ3v) is 3.68. The molecule has 102 valence electrons. The number of hydrogen-bond donors (Lipinski definition) is 2. The van der Waals surface area contributed by atoms with Crippen molar-refractivity contribution in [1.29, 1.82) is 0 Å². The highest BCUT2D eigenvalue weighted by Gasteiger charge is 2.24. The highest BCUT2D eigenvalue weighted by Crippen LogP contribution is 2.31. The lowest BCUT2D eigenvalue weighted by atomic mass is 10.1. The molecule has 1 fully saturated rings. The van der Waals surface area contributed by atoms with Gasteiger partial charge in [-0.3, -0.25) is 0 Å². The third-order valence-electron chi connectivity index (χ3n) is 3.68. The average Bonchev–Trinajstić information content (AvgIpc) is 2.69. The lowest BCUT2D eigenvalue weighted by Crippen LogP contribution is -2.41. The Morgan fingerprint density at radius 2 is 2.16 bits per heavy atom. The smallest absolute Gasteiger partial charge is 0.215 e. The van der Waals surface area contributed by atoms with Crippen molar-refractivity contribution in [3.63, 3.8) is 0 Å². The van der Waals surface area contributed by atoms with Crippen molar-refractivity contribution in [3.05, 3.63) is 24.4 Å². The minimum absolute atomic E-state index is 0.510. The van der Waals surface area contributed by atoms with Crippen molar-refractivity contribution in [3.8, 4) is 5.88 Å². The van der Waals surface area contributed by atoms with Crippen molar-refractivity contribution in [2.45, 2.75) is 18.9 Å². The molecule has 0 aliphatic carbocycles. The highest BCUT2D eigenvalue weighted by atomic mass is 16.5. The van der Waals surface area contributed by atoms with Crippen molar-refractivity contribution in [2.24, 2.45) is 0 Å². The number of hydrogen-bond acceptors (Lipinski definition) is 5. The Morgan fingerprint density at radius 1 is 1.32 bits per heavy atom. The van der Waals surface area contributed by atoms with Gasteiger partial charge in [0.25, 0.3) is 0 Å². The van der Waals surface area contributed by atoms with Gasteiger partial charge >= 0.3 is 0 Å². The van der Waals surface area contributed by atoms with Crippen molar-refractivity contribution in [2.75, 3.05) is 37.0 Å². The fourth-order valence-corrected chi connectivity index (χ4v) is 2.66. The molecule has 0 spiro atoms. The molecule has 3 rings (SSSR count). The number of pyridine rings is 1. The second-order valence-electron chi connectivity index (χ2n) is 4.88. The maximum atomic E-state index is 5.25. The third kappa shape index (κ3) is 2.51. The van der Waals surface area contributed by atoms with E-state index < -0.39 is 0 Å². The summed E-state index contributed by atoms with van der Waals surface area (Å²) < 4.78 is 5.25. The summed E-state index contributed by atoms with van der Waals surface area (Å²) >= 11 is 0. The summed E-state index contributed by atoms with van der Waals surface area (Å²) in [5, 5.41) is 6.79. The molecule has 19 heavy (non-hydrogen) atoms. The number of anilines is 2. The summed E-state index contributed by atoms with van der Waals surface area (Å²) in [7, 11) is 1.66. The summed E-state index contributed by atoms with van der Waals surface area (Å²) in [5.41, 5.74) is 1.07. The lowest BCUT2D eigenvalue weighted by molar-refractivity contribution is 0.396. The van der Waals surface area contributed by atoms with Crippen LogP contribution in [0, 0.1) is 0 Å². The molecule has 1 saturated heterocycles. The van der Waals surface area contributed by atoms with Gasteiger partial charge in [0.15, 0.2) is 5.82 Å². The molecule has 1 aromatic rings. The fourth-order valence-electron chi connectivity index (χ4n) is 2.66. The topological polar surface area (TPSA) is 49.4 Å². The molecular formula is C14H20N4O. The van der Waals surface area contributed by atoms with Crippen LogP contribution in [0.5, 0.6) is 5.88 Å². The van der Waals surface area contributed by atoms with Crippen molar-refractivity contribution < 1.29 is 4.74 Å². The van der Waals surface area contributed by atoms with Crippen LogP contribution in [-0.4, -0.2) is 37.8 Å². The molecule has 2 N–H and O–H groups in total. The predicted molar refractivity (Wildman–Crippen MR) is 76.8 cm³/mol. The maximum Gasteiger partial charge on any atom is 0.215 e. The van der Waals surface area contributed by atoms with Crippen LogP contribution in [0.15, 0.2) is 24.4 Å². The molecule has 0 bridgehead atoms. The summed E-state index contributed by atoms with van der Waals surface area (Å²) in [4.78, 5) is 6.91. The van der Waals surface area contributed by atoms with E-state index >= 15 is 0 Å². The van der Waals surface area contributed by atoms with Crippen LogP contribution < -0.4 is 20.3 Å². The summed E-state index contributed by atoms with van der Waals surface area (Å²) in [6.07, 6.45) is 6.59. The zero-order valence-electron chi connectivity index (χ0n) is 11.2. The Kier molecular flexibility index (Phi) is 3.55. The number of fused-ring (bicyclic) bond motifs is 1. The van der Waals surface area contributed by atoms with Crippen molar-refractivity contribution in [1.82, 2.24) is 10.3 Å². The maximum absolute atomic E-state index is 5.25. The molecule has 0 saturated carbocycles. The monoisotopic (exact) mass is 260 g/mol. The molecule has 2 aliphatic heterocycles. The molecule has 2 aliphatic rings. The summed E-state index contributed by atoms with van der Waals surface area (Å²) in [6.45, 7) is 2.98. The van der Waals surface area contributed by atoms with Crippen LogP contribution in [0.3, 0.4) is 0 Å². The van der Waals surface area contributed by atoms with E-state index in [1.807, 2.05) is 12.1 Å². The molecule has 0 atom stereocenters. The Balaban J connectivity index is 1.95. The first-order valence-electron chi connectivity index (χ1n) is 6.83. The summed E-state index contributed by atoms with van der Waals surface area (Å²) in [5.74, 6) is 1.63. The first kappa shape index (κ1) is 12.3. The fraction of sp³-hybridized carbons (Fsp3) is 0.500. The van der Waals surface area contributed by atoms with Gasteiger partial charge in [-0.2, -0.15) is 4.98 Å². The zero-order chi connectivity index (χ0) is 13.1. The number of methoxy groups -OCH3 is 1. The Hall–Kier alpha value is -1.75. The van der Waals surface area contributed by atoms with E-state index in [1.165, 1.54) is 0 Å². The second-order valence-corrected chi connectivity index (χ2v) is 4.88. The minimum Gasteiger partial charge on any atom is -0.481 e. The normalized spacial score (nSPS) is 19.5. The molecule has 0 radical (unpaired) electrons. The van der Waals surface area contributed by atoms with E-state index in [0.717, 1.165) is 44.0 Å². The zero-order valence-corrected chi connectivity index (χ0v) is 11.2. The van der Waals surface area contributed by atoms with E-state index in [-0.39, 0.29) is 0 Å². The van der Waals surface area contributed by atoms with Gasteiger partial charge in [0.1, 0.15) is 0 Å². The Labute approximate surface area is 113 Å². The number of nitrogens with zero attached hydrogens (tertiary/aromatic N) is 2. The van der Waals surface area contributed by atoms with Gasteiger partial charge in [-0.05, 0) is 38.1 Å². The molecule has 5 nitrogen and oxygen atoms in total.